The van der Waals surface area contributed by atoms with Crippen LogP contribution < -0.4 is 9.62 Å². The van der Waals surface area contributed by atoms with Crippen molar-refractivity contribution in [2.45, 2.75) is 62.7 Å². The van der Waals surface area contributed by atoms with E-state index in [0.717, 1.165) is 24.8 Å². The van der Waals surface area contributed by atoms with Crippen LogP contribution in [-0.4, -0.2) is 20.9 Å². The fraction of sp³-hybridized carbons (Fsp3) is 0.458. The zero-order valence-corrected chi connectivity index (χ0v) is 18.2. The van der Waals surface area contributed by atoms with Gasteiger partial charge < -0.3 is 5.32 Å². The van der Waals surface area contributed by atoms with Gasteiger partial charge in [0.2, 0.25) is 5.91 Å². The molecule has 0 bridgehead atoms. The molecule has 1 saturated carbocycles. The smallest absolute Gasteiger partial charge is 0.264 e. The van der Waals surface area contributed by atoms with Crippen molar-refractivity contribution in [3.8, 4) is 0 Å². The van der Waals surface area contributed by atoms with Crippen molar-refractivity contribution in [2.24, 2.45) is 5.92 Å². The zero-order chi connectivity index (χ0) is 21.0. The Bertz CT molecular complexity index is 983. The van der Waals surface area contributed by atoms with E-state index in [1.165, 1.54) is 36.4 Å². The van der Waals surface area contributed by atoms with Gasteiger partial charge in [-0.3, -0.25) is 9.10 Å². The number of aryl methyl sites for hydroxylation is 1. The fourth-order valence-corrected chi connectivity index (χ4v) is 6.18. The summed E-state index contributed by atoms with van der Waals surface area (Å²) in [7, 11) is -3.62. The van der Waals surface area contributed by atoms with Crippen molar-refractivity contribution < 1.29 is 13.2 Å². The lowest BCUT2D eigenvalue weighted by Crippen LogP contribution is -2.35. The third-order valence-corrected chi connectivity index (χ3v) is 8.11. The summed E-state index contributed by atoms with van der Waals surface area (Å²) in [5.41, 5.74) is 2.34. The molecule has 0 radical (unpaired) electrons. The predicted octanol–water partition coefficient (Wildman–Crippen LogP) is 5.13. The van der Waals surface area contributed by atoms with Crippen LogP contribution in [0.4, 0.5) is 11.4 Å². The minimum Gasteiger partial charge on any atom is -0.326 e. The molecule has 30 heavy (non-hydrogen) atoms. The number of carbonyl (C=O) groups is 1. The molecule has 6 heteroatoms. The van der Waals surface area contributed by atoms with Crippen molar-refractivity contribution in [2.75, 3.05) is 16.2 Å². The maximum atomic E-state index is 13.2. The van der Waals surface area contributed by atoms with Crippen LogP contribution in [-0.2, 0) is 21.2 Å². The molecule has 1 amide bonds. The summed E-state index contributed by atoms with van der Waals surface area (Å²) in [4.78, 5) is 12.8. The van der Waals surface area contributed by atoms with Gasteiger partial charge in [0, 0.05) is 18.7 Å². The van der Waals surface area contributed by atoms with Gasteiger partial charge in [0.1, 0.15) is 0 Å². The summed E-state index contributed by atoms with van der Waals surface area (Å²) in [5.74, 6) is 0.674. The first-order chi connectivity index (χ1) is 14.5. The molecular formula is C24H30N2O3S. The quantitative estimate of drug-likeness (QED) is 0.696. The highest BCUT2D eigenvalue weighted by atomic mass is 32.2. The van der Waals surface area contributed by atoms with Crippen LogP contribution in [0.1, 0.15) is 56.9 Å². The maximum Gasteiger partial charge on any atom is 0.264 e. The number of anilines is 2. The number of carbonyl (C=O) groups excluding carboxylic acids is 1. The van der Waals surface area contributed by atoms with Crippen molar-refractivity contribution >= 4 is 27.3 Å². The fourth-order valence-electron chi connectivity index (χ4n) is 4.62. The highest BCUT2D eigenvalue weighted by molar-refractivity contribution is 7.92. The molecule has 2 aromatic rings. The molecule has 5 nitrogen and oxygen atoms in total. The average Bonchev–Trinajstić information content (AvgIpc) is 2.78. The largest absolute Gasteiger partial charge is 0.326 e. The standard InChI is InChI=1S/C24H30N2O3S/c27-24(16-13-19-8-3-1-4-9-19)25-21-15-14-20-10-7-17-26(23(20)18-21)30(28,29)22-11-5-2-6-12-22/h2,5-6,11-12,14-15,18-19H,1,3-4,7-10,13,16-17H2,(H,25,27). The van der Waals surface area contributed by atoms with E-state index >= 15 is 0 Å². The number of hydrogen-bond donors (Lipinski definition) is 1. The number of nitrogens with one attached hydrogen (secondary N) is 1. The first-order valence-corrected chi connectivity index (χ1v) is 12.5. The summed E-state index contributed by atoms with van der Waals surface area (Å²) in [6.07, 6.45) is 9.43. The summed E-state index contributed by atoms with van der Waals surface area (Å²) in [6.45, 7) is 0.448. The second kappa shape index (κ2) is 9.21. The van der Waals surface area contributed by atoms with E-state index in [1.54, 1.807) is 24.3 Å². The third-order valence-electron chi connectivity index (χ3n) is 6.28. The zero-order valence-electron chi connectivity index (χ0n) is 17.3. The molecule has 0 atom stereocenters. The van der Waals surface area contributed by atoms with E-state index in [1.807, 2.05) is 24.3 Å². The normalized spacial score (nSPS) is 17.4. The van der Waals surface area contributed by atoms with E-state index in [4.69, 9.17) is 0 Å². The Kier molecular flexibility index (Phi) is 6.42. The number of benzene rings is 2. The molecule has 1 fully saturated rings. The monoisotopic (exact) mass is 426 g/mol. The highest BCUT2D eigenvalue weighted by Gasteiger charge is 2.29. The lowest BCUT2D eigenvalue weighted by Gasteiger charge is -2.31. The topological polar surface area (TPSA) is 66.5 Å². The van der Waals surface area contributed by atoms with Crippen molar-refractivity contribution in [3.05, 3.63) is 54.1 Å². The lowest BCUT2D eigenvalue weighted by atomic mass is 9.86. The molecule has 1 aliphatic carbocycles. The number of nitrogens with zero attached hydrogens (tertiary/aromatic N) is 1. The Morgan fingerprint density at radius 3 is 2.53 bits per heavy atom. The van der Waals surface area contributed by atoms with Crippen LogP contribution in [0.2, 0.25) is 0 Å². The summed E-state index contributed by atoms with van der Waals surface area (Å²) in [6, 6.07) is 14.2. The Hall–Kier alpha value is -2.34. The van der Waals surface area contributed by atoms with Gasteiger partial charge in [-0.2, -0.15) is 0 Å². The Labute approximate surface area is 179 Å². The molecule has 2 aromatic carbocycles. The van der Waals surface area contributed by atoms with Gasteiger partial charge in [0.05, 0.1) is 10.6 Å². The molecule has 0 aromatic heterocycles. The second-order valence-corrected chi connectivity index (χ2v) is 10.3. The lowest BCUT2D eigenvalue weighted by molar-refractivity contribution is -0.116. The van der Waals surface area contributed by atoms with E-state index in [0.29, 0.717) is 35.2 Å². The number of fused-ring (bicyclic) bond motifs is 1. The third kappa shape index (κ3) is 4.69. The molecule has 0 unspecified atom stereocenters. The van der Waals surface area contributed by atoms with Crippen molar-refractivity contribution in [1.82, 2.24) is 0 Å². The predicted molar refractivity (Wildman–Crippen MR) is 120 cm³/mol. The molecule has 0 saturated heterocycles. The number of rotatable bonds is 6. The molecule has 4 rings (SSSR count). The molecular weight excluding hydrogens is 396 g/mol. The van der Waals surface area contributed by atoms with Gasteiger partial charge in [-0.1, -0.05) is 56.4 Å². The van der Waals surface area contributed by atoms with E-state index in [-0.39, 0.29) is 5.91 Å². The Balaban J connectivity index is 1.49. The first kappa shape index (κ1) is 20.9. The van der Waals surface area contributed by atoms with Crippen LogP contribution in [0.15, 0.2) is 53.4 Å². The van der Waals surface area contributed by atoms with E-state index < -0.39 is 10.0 Å². The minimum absolute atomic E-state index is 0.00815. The number of hydrogen-bond acceptors (Lipinski definition) is 3. The van der Waals surface area contributed by atoms with Gasteiger partial charge in [-0.05, 0) is 55.0 Å². The van der Waals surface area contributed by atoms with Crippen LogP contribution in [0.25, 0.3) is 0 Å². The summed E-state index contributed by atoms with van der Waals surface area (Å²) < 4.78 is 27.9. The number of sulfonamides is 1. The average molecular weight is 427 g/mol. The van der Waals surface area contributed by atoms with Crippen LogP contribution in [0, 0.1) is 5.92 Å². The van der Waals surface area contributed by atoms with Gasteiger partial charge >= 0.3 is 0 Å². The molecule has 1 N–H and O–H groups in total. The molecule has 1 aliphatic heterocycles. The van der Waals surface area contributed by atoms with Crippen molar-refractivity contribution in [1.29, 1.82) is 0 Å². The first-order valence-electron chi connectivity index (χ1n) is 11.0. The van der Waals surface area contributed by atoms with Crippen LogP contribution >= 0.6 is 0 Å². The van der Waals surface area contributed by atoms with Crippen LogP contribution in [0.3, 0.4) is 0 Å². The van der Waals surface area contributed by atoms with E-state index in [2.05, 4.69) is 5.32 Å². The molecule has 0 spiro atoms. The highest BCUT2D eigenvalue weighted by Crippen LogP contribution is 2.34. The molecule has 160 valence electrons. The summed E-state index contributed by atoms with van der Waals surface area (Å²) >= 11 is 0. The number of amides is 1. The van der Waals surface area contributed by atoms with E-state index in [9.17, 15) is 13.2 Å². The minimum atomic E-state index is -3.62. The van der Waals surface area contributed by atoms with Crippen LogP contribution in [0.5, 0.6) is 0 Å². The molecule has 1 heterocycles. The van der Waals surface area contributed by atoms with Gasteiger partial charge in [0.25, 0.3) is 10.0 Å². The van der Waals surface area contributed by atoms with Gasteiger partial charge in [-0.25, -0.2) is 8.42 Å². The molecule has 2 aliphatic rings. The SMILES string of the molecule is O=C(CCC1CCCCC1)Nc1ccc2c(c1)N(S(=O)(=O)c1ccccc1)CCC2. The van der Waals surface area contributed by atoms with Gasteiger partial charge in [0.15, 0.2) is 0 Å². The summed E-state index contributed by atoms with van der Waals surface area (Å²) in [5, 5.41) is 2.98. The maximum absolute atomic E-state index is 13.2. The van der Waals surface area contributed by atoms with Crippen molar-refractivity contribution in [3.63, 3.8) is 0 Å². The Morgan fingerprint density at radius 1 is 1.00 bits per heavy atom. The van der Waals surface area contributed by atoms with Gasteiger partial charge in [-0.15, -0.1) is 0 Å². The Morgan fingerprint density at radius 2 is 1.77 bits per heavy atom. The second-order valence-electron chi connectivity index (χ2n) is 8.43.